The summed E-state index contributed by atoms with van der Waals surface area (Å²) in [6, 6.07) is 9.80. The maximum atomic E-state index is 12.5. The van der Waals surface area contributed by atoms with Gasteiger partial charge in [-0.05, 0) is 32.8 Å². The molecule has 5 aliphatic heterocycles. The highest BCUT2D eigenvalue weighted by atomic mass is 16.6. The van der Waals surface area contributed by atoms with E-state index in [0.717, 1.165) is 25.1 Å². The van der Waals surface area contributed by atoms with Crippen LogP contribution in [0.2, 0.25) is 0 Å². The van der Waals surface area contributed by atoms with Crippen molar-refractivity contribution < 1.29 is 28.5 Å². The number of amides is 2. The van der Waals surface area contributed by atoms with E-state index in [-0.39, 0.29) is 49.1 Å². The Hall–Kier alpha value is -2.36. The molecule has 5 heterocycles. The van der Waals surface area contributed by atoms with Crippen molar-refractivity contribution in [3.8, 4) is 0 Å². The molecule has 5 fully saturated rings. The fourth-order valence-electron chi connectivity index (χ4n) is 5.36. The van der Waals surface area contributed by atoms with Crippen molar-refractivity contribution >= 4 is 12.2 Å². The minimum absolute atomic E-state index is 0.100. The van der Waals surface area contributed by atoms with Crippen molar-refractivity contribution in [1.29, 1.82) is 0 Å². The molecule has 1 aromatic carbocycles. The summed E-state index contributed by atoms with van der Waals surface area (Å²) in [5, 5.41) is 2.91. The van der Waals surface area contributed by atoms with Gasteiger partial charge in [0.2, 0.25) is 0 Å². The average molecular weight is 460 g/mol. The number of rotatable bonds is 4. The highest BCUT2D eigenvalue weighted by Crippen LogP contribution is 2.38. The number of piperazine rings is 1. The van der Waals surface area contributed by atoms with Crippen LogP contribution >= 0.6 is 0 Å². The summed E-state index contributed by atoms with van der Waals surface area (Å²) < 4.78 is 23.1. The summed E-state index contributed by atoms with van der Waals surface area (Å²) in [6.07, 6.45) is 0.0264. The normalized spacial score (nSPS) is 33.2. The van der Waals surface area contributed by atoms with Crippen LogP contribution in [0.4, 0.5) is 9.59 Å². The van der Waals surface area contributed by atoms with E-state index in [0.29, 0.717) is 13.2 Å². The maximum Gasteiger partial charge on any atom is 0.410 e. The Morgan fingerprint density at radius 2 is 1.76 bits per heavy atom. The minimum Gasteiger partial charge on any atom is -0.445 e. The van der Waals surface area contributed by atoms with Gasteiger partial charge in [-0.2, -0.15) is 0 Å². The van der Waals surface area contributed by atoms with Gasteiger partial charge >= 0.3 is 12.2 Å². The molecule has 5 aliphatic rings. The summed E-state index contributed by atoms with van der Waals surface area (Å²) in [5.41, 5.74) is 0.448. The lowest BCUT2D eigenvalue weighted by Gasteiger charge is -2.57. The molecule has 9 heteroatoms. The van der Waals surface area contributed by atoms with Gasteiger partial charge in [-0.3, -0.25) is 9.80 Å². The number of fused-ring (bicyclic) bond motifs is 3. The molecule has 9 nitrogen and oxygen atoms in total. The topological polar surface area (TPSA) is 89.6 Å². The average Bonchev–Trinajstić information content (AvgIpc) is 3.34. The van der Waals surface area contributed by atoms with E-state index in [4.69, 9.17) is 18.9 Å². The van der Waals surface area contributed by atoms with Crippen LogP contribution in [0.3, 0.4) is 0 Å². The molecule has 1 N–H and O–H groups in total. The smallest absolute Gasteiger partial charge is 0.410 e. The number of carbonyl (C=O) groups is 2. The Morgan fingerprint density at radius 3 is 2.45 bits per heavy atom. The summed E-state index contributed by atoms with van der Waals surface area (Å²) in [4.78, 5) is 29.1. The van der Waals surface area contributed by atoms with Crippen LogP contribution in [0.15, 0.2) is 30.3 Å². The molecular formula is C24H33N3O6. The highest BCUT2D eigenvalue weighted by Gasteiger charge is 2.55. The first kappa shape index (κ1) is 22.4. The van der Waals surface area contributed by atoms with Crippen molar-refractivity contribution in [1.82, 2.24) is 15.1 Å². The van der Waals surface area contributed by atoms with Gasteiger partial charge in [0.15, 0.2) is 0 Å². The molecule has 1 aromatic rings. The van der Waals surface area contributed by atoms with Gasteiger partial charge in [0.1, 0.15) is 24.4 Å². The molecular weight excluding hydrogens is 426 g/mol. The summed E-state index contributed by atoms with van der Waals surface area (Å²) >= 11 is 0. The molecule has 0 aliphatic carbocycles. The third kappa shape index (κ3) is 4.67. The number of carbonyl (C=O) groups excluding carboxylic acids is 2. The van der Waals surface area contributed by atoms with E-state index in [1.807, 2.05) is 56.0 Å². The summed E-state index contributed by atoms with van der Waals surface area (Å²) in [5.74, 6) is 0. The lowest BCUT2D eigenvalue weighted by molar-refractivity contribution is -0.0957. The van der Waals surface area contributed by atoms with E-state index in [1.165, 1.54) is 0 Å². The summed E-state index contributed by atoms with van der Waals surface area (Å²) in [6.45, 7) is 8.42. The molecule has 180 valence electrons. The predicted molar refractivity (Wildman–Crippen MR) is 119 cm³/mol. The van der Waals surface area contributed by atoms with Gasteiger partial charge in [0, 0.05) is 13.1 Å². The molecule has 2 amide bonds. The first-order valence-electron chi connectivity index (χ1n) is 11.7. The van der Waals surface area contributed by atoms with Crippen LogP contribution in [0.5, 0.6) is 0 Å². The number of piperidine rings is 1. The van der Waals surface area contributed by atoms with Crippen LogP contribution in [0.25, 0.3) is 0 Å². The van der Waals surface area contributed by atoms with Crippen molar-refractivity contribution in [3.05, 3.63) is 35.9 Å². The van der Waals surface area contributed by atoms with Crippen LogP contribution in [0.1, 0.15) is 32.8 Å². The van der Waals surface area contributed by atoms with Crippen molar-refractivity contribution in [2.45, 2.75) is 75.8 Å². The zero-order chi connectivity index (χ0) is 23.2. The lowest BCUT2D eigenvalue weighted by atomic mass is 9.86. The van der Waals surface area contributed by atoms with Crippen LogP contribution in [-0.4, -0.2) is 90.3 Å². The number of alkyl carbamates (subject to hydrolysis) is 1. The van der Waals surface area contributed by atoms with Crippen molar-refractivity contribution in [3.63, 3.8) is 0 Å². The monoisotopic (exact) mass is 459 g/mol. The van der Waals surface area contributed by atoms with Crippen molar-refractivity contribution in [2.75, 3.05) is 26.3 Å². The third-order valence-electron chi connectivity index (χ3n) is 6.84. The molecule has 33 heavy (non-hydrogen) atoms. The second-order valence-corrected chi connectivity index (χ2v) is 10.4. The quantitative estimate of drug-likeness (QED) is 0.738. The lowest BCUT2D eigenvalue weighted by Crippen LogP contribution is -2.72. The van der Waals surface area contributed by atoms with E-state index in [1.54, 1.807) is 0 Å². The minimum atomic E-state index is -0.491. The second kappa shape index (κ2) is 8.77. The Morgan fingerprint density at radius 1 is 1.06 bits per heavy atom. The van der Waals surface area contributed by atoms with E-state index in [9.17, 15) is 9.59 Å². The van der Waals surface area contributed by atoms with E-state index in [2.05, 4.69) is 10.2 Å². The van der Waals surface area contributed by atoms with Crippen molar-refractivity contribution in [2.24, 2.45) is 0 Å². The molecule has 0 saturated carbocycles. The number of hydrogen-bond acceptors (Lipinski definition) is 7. The van der Waals surface area contributed by atoms with Gasteiger partial charge < -0.3 is 24.3 Å². The summed E-state index contributed by atoms with van der Waals surface area (Å²) in [7, 11) is 0. The van der Waals surface area contributed by atoms with Gasteiger partial charge in [0.25, 0.3) is 0 Å². The van der Waals surface area contributed by atoms with Crippen LogP contribution in [-0.2, 0) is 25.6 Å². The van der Waals surface area contributed by atoms with E-state index < -0.39 is 11.7 Å². The van der Waals surface area contributed by atoms with E-state index >= 15 is 0 Å². The van der Waals surface area contributed by atoms with Gasteiger partial charge in [-0.15, -0.1) is 0 Å². The number of ether oxygens (including phenoxy) is 4. The Bertz CT molecular complexity index is 863. The van der Waals surface area contributed by atoms with Crippen LogP contribution < -0.4 is 5.32 Å². The zero-order valence-electron chi connectivity index (χ0n) is 19.4. The largest absolute Gasteiger partial charge is 0.445 e. The molecule has 0 radical (unpaired) electrons. The fraction of sp³-hybridized carbons (Fsp3) is 0.667. The van der Waals surface area contributed by atoms with Crippen LogP contribution in [0, 0.1) is 0 Å². The Labute approximate surface area is 194 Å². The number of hydrogen-bond donors (Lipinski definition) is 1. The van der Waals surface area contributed by atoms with Gasteiger partial charge in [0.05, 0.1) is 37.4 Å². The third-order valence-corrected chi connectivity index (χ3v) is 6.84. The maximum absolute atomic E-state index is 12.5. The standard InChI is InChI=1S/C24H33N3O6/c1-24(2,3)33-23(29)27-16-9-17(27)11-26(10-16)19-14-31-20-18(13-30-21(19)20)25-22(28)32-12-15-7-5-4-6-8-15/h4-8,16-21H,9-14H2,1-3H3,(H,25,28)/t16?,17?,18-,19-,20+,21+/m0/s1. The number of benzene rings is 1. The molecule has 6 rings (SSSR count). The fourth-order valence-corrected chi connectivity index (χ4v) is 5.36. The first-order chi connectivity index (χ1) is 15.8. The van der Waals surface area contributed by atoms with Gasteiger partial charge in [-0.25, -0.2) is 9.59 Å². The second-order valence-electron chi connectivity index (χ2n) is 10.4. The molecule has 6 atom stereocenters. The zero-order valence-corrected chi connectivity index (χ0v) is 19.4. The SMILES string of the molecule is CC(C)(C)OC(=O)N1C2CC1CN([C@H]1CO[C@H]3[C@@H]1OC[C@@H]3NC(=O)OCc1ccccc1)C2. The molecule has 0 spiro atoms. The molecule has 2 unspecified atom stereocenters. The number of nitrogens with zero attached hydrogens (tertiary/aromatic N) is 2. The number of nitrogens with one attached hydrogen (secondary N) is 1. The first-order valence-corrected chi connectivity index (χ1v) is 11.7. The Balaban J connectivity index is 1.11. The Kier molecular flexibility index (Phi) is 5.96. The molecule has 5 saturated heterocycles. The highest BCUT2D eigenvalue weighted by molar-refractivity contribution is 5.70. The van der Waals surface area contributed by atoms with Gasteiger partial charge in [-0.1, -0.05) is 30.3 Å². The molecule has 2 bridgehead atoms. The molecule has 0 aromatic heterocycles. The predicted octanol–water partition coefficient (Wildman–Crippen LogP) is 2.14.